The maximum atomic E-state index is 13.9. The second kappa shape index (κ2) is 6.47. The van der Waals surface area contributed by atoms with Crippen LogP contribution in [0, 0.1) is 17.6 Å². The van der Waals surface area contributed by atoms with Gasteiger partial charge in [-0.3, -0.25) is 9.59 Å². The number of aliphatic carboxylic acids is 1. The predicted molar refractivity (Wildman–Crippen MR) is 77.5 cm³/mol. The summed E-state index contributed by atoms with van der Waals surface area (Å²) in [6.07, 6.45) is -0.185. The number of hydrogen-bond acceptors (Lipinski definition) is 2. The molecule has 0 aliphatic carbocycles. The number of carbonyl (C=O) groups excluding carboxylic acids is 1. The second-order valence-corrected chi connectivity index (χ2v) is 5.04. The number of halogens is 2. The molecule has 0 spiro atoms. The lowest BCUT2D eigenvalue weighted by molar-refractivity contribution is -0.141. The van der Waals surface area contributed by atoms with Crippen molar-refractivity contribution >= 4 is 11.8 Å². The van der Waals surface area contributed by atoms with Gasteiger partial charge in [0, 0.05) is 23.6 Å². The summed E-state index contributed by atoms with van der Waals surface area (Å²) in [6, 6.07) is 9.43. The molecule has 0 saturated heterocycles. The van der Waals surface area contributed by atoms with Gasteiger partial charge in [0.15, 0.2) is 5.78 Å². The number of rotatable bonds is 5. The lowest BCUT2D eigenvalue weighted by Gasteiger charge is -2.11. The van der Waals surface area contributed by atoms with Crippen LogP contribution < -0.4 is 0 Å². The predicted octanol–water partition coefficient (Wildman–Crippen LogP) is 3.93. The molecule has 114 valence electrons. The second-order valence-electron chi connectivity index (χ2n) is 5.04. The van der Waals surface area contributed by atoms with Crippen LogP contribution in [-0.4, -0.2) is 16.9 Å². The van der Waals surface area contributed by atoms with Gasteiger partial charge in [-0.05, 0) is 17.7 Å². The van der Waals surface area contributed by atoms with Crippen molar-refractivity contribution in [3.63, 3.8) is 0 Å². The first kappa shape index (κ1) is 15.8. The van der Waals surface area contributed by atoms with E-state index >= 15 is 0 Å². The number of benzene rings is 2. The zero-order valence-electron chi connectivity index (χ0n) is 11.8. The van der Waals surface area contributed by atoms with Gasteiger partial charge in [-0.25, -0.2) is 8.78 Å². The molecule has 0 aliphatic heterocycles. The molecule has 0 amide bonds. The molecule has 0 saturated carbocycles. The summed E-state index contributed by atoms with van der Waals surface area (Å²) < 4.78 is 26.9. The van der Waals surface area contributed by atoms with Gasteiger partial charge in [0.05, 0.1) is 5.92 Å². The Morgan fingerprint density at radius 3 is 2.41 bits per heavy atom. The van der Waals surface area contributed by atoms with Crippen molar-refractivity contribution < 1.29 is 23.5 Å². The fraction of sp³-hybridized carbons (Fsp3) is 0.176. The molecule has 0 radical (unpaired) electrons. The summed E-state index contributed by atoms with van der Waals surface area (Å²) in [5.74, 6) is -3.78. The van der Waals surface area contributed by atoms with Crippen LogP contribution in [0.4, 0.5) is 8.78 Å². The number of ketones is 1. The van der Waals surface area contributed by atoms with Crippen LogP contribution in [0.15, 0.2) is 42.5 Å². The summed E-state index contributed by atoms with van der Waals surface area (Å²) in [7, 11) is 0. The Bertz CT molecular complexity index is 726. The molecule has 0 fully saturated rings. The highest BCUT2D eigenvalue weighted by molar-refractivity contribution is 6.03. The van der Waals surface area contributed by atoms with Crippen molar-refractivity contribution in [2.75, 3.05) is 0 Å². The van der Waals surface area contributed by atoms with Crippen molar-refractivity contribution in [1.29, 1.82) is 0 Å². The number of carboxylic acids is 1. The molecule has 0 aliphatic rings. The summed E-state index contributed by atoms with van der Waals surface area (Å²) in [5.41, 5.74) is 0.650. The monoisotopic (exact) mass is 304 g/mol. The molecule has 5 heteroatoms. The van der Waals surface area contributed by atoms with Crippen molar-refractivity contribution in [3.8, 4) is 11.1 Å². The van der Waals surface area contributed by atoms with E-state index in [-0.39, 0.29) is 17.5 Å². The quantitative estimate of drug-likeness (QED) is 0.852. The molecule has 2 aromatic rings. The highest BCUT2D eigenvalue weighted by atomic mass is 19.1. The van der Waals surface area contributed by atoms with E-state index in [1.54, 1.807) is 18.2 Å². The first-order valence-corrected chi connectivity index (χ1v) is 6.70. The average molecular weight is 304 g/mol. The van der Waals surface area contributed by atoms with Crippen LogP contribution in [0.25, 0.3) is 11.1 Å². The van der Waals surface area contributed by atoms with Gasteiger partial charge >= 0.3 is 5.97 Å². The van der Waals surface area contributed by atoms with Crippen LogP contribution in [0.3, 0.4) is 0 Å². The fourth-order valence-corrected chi connectivity index (χ4v) is 2.14. The van der Waals surface area contributed by atoms with Gasteiger partial charge in [-0.1, -0.05) is 31.2 Å². The summed E-state index contributed by atoms with van der Waals surface area (Å²) in [6.45, 7) is 1.43. The highest BCUT2D eigenvalue weighted by Crippen LogP contribution is 2.28. The van der Waals surface area contributed by atoms with Crippen LogP contribution in [0.2, 0.25) is 0 Å². The first-order chi connectivity index (χ1) is 10.4. The molecule has 3 nitrogen and oxygen atoms in total. The van der Waals surface area contributed by atoms with Crippen LogP contribution in [0.1, 0.15) is 23.7 Å². The zero-order chi connectivity index (χ0) is 16.3. The van der Waals surface area contributed by atoms with Crippen molar-refractivity contribution in [3.05, 3.63) is 59.7 Å². The van der Waals surface area contributed by atoms with Crippen molar-refractivity contribution in [1.82, 2.24) is 0 Å². The Morgan fingerprint density at radius 1 is 1.09 bits per heavy atom. The number of carbonyl (C=O) groups is 2. The molecule has 1 unspecified atom stereocenters. The zero-order valence-corrected chi connectivity index (χ0v) is 11.8. The van der Waals surface area contributed by atoms with Gasteiger partial charge in [-0.15, -0.1) is 0 Å². The van der Waals surface area contributed by atoms with E-state index in [1.807, 2.05) is 0 Å². The lowest BCUT2D eigenvalue weighted by Crippen LogP contribution is -2.15. The third-order valence-electron chi connectivity index (χ3n) is 3.36. The molecule has 0 aromatic heterocycles. The molecular formula is C17H14F2O3. The minimum absolute atomic E-state index is 0.105. The van der Waals surface area contributed by atoms with Gasteiger partial charge in [0.2, 0.25) is 0 Å². The minimum Gasteiger partial charge on any atom is -0.481 e. The third-order valence-corrected chi connectivity index (χ3v) is 3.36. The van der Waals surface area contributed by atoms with E-state index in [2.05, 4.69) is 0 Å². The van der Waals surface area contributed by atoms with Crippen LogP contribution >= 0.6 is 0 Å². The Balaban J connectivity index is 2.42. The average Bonchev–Trinajstić information content (AvgIpc) is 2.47. The molecule has 0 heterocycles. The Morgan fingerprint density at radius 2 is 1.77 bits per heavy atom. The maximum Gasteiger partial charge on any atom is 0.306 e. The Hall–Kier alpha value is -2.56. The molecule has 1 atom stereocenters. The number of Topliss-reactive ketones (excluding diaryl/α,β-unsaturated/α-hetero) is 1. The Kier molecular flexibility index (Phi) is 4.65. The lowest BCUT2D eigenvalue weighted by atomic mass is 9.92. The number of carboxylic acid groups (broad SMARTS) is 1. The molecular weight excluding hydrogens is 290 g/mol. The van der Waals surface area contributed by atoms with Crippen molar-refractivity contribution in [2.45, 2.75) is 13.3 Å². The van der Waals surface area contributed by atoms with E-state index in [0.29, 0.717) is 5.56 Å². The van der Waals surface area contributed by atoms with Gasteiger partial charge in [0.1, 0.15) is 11.6 Å². The maximum absolute atomic E-state index is 13.9. The number of hydrogen-bond donors (Lipinski definition) is 1. The largest absolute Gasteiger partial charge is 0.481 e. The molecule has 2 rings (SSSR count). The normalized spacial score (nSPS) is 12.0. The highest BCUT2D eigenvalue weighted by Gasteiger charge is 2.20. The molecule has 2 aromatic carbocycles. The van der Waals surface area contributed by atoms with Crippen LogP contribution in [0.5, 0.6) is 0 Å². The summed E-state index contributed by atoms with van der Waals surface area (Å²) >= 11 is 0. The SMILES string of the molecule is CC(CC(=O)c1ccccc1-c1ccc(F)cc1F)C(=O)O. The third kappa shape index (κ3) is 3.36. The topological polar surface area (TPSA) is 54.4 Å². The van der Waals surface area contributed by atoms with Crippen molar-refractivity contribution in [2.24, 2.45) is 5.92 Å². The summed E-state index contributed by atoms with van der Waals surface area (Å²) in [4.78, 5) is 23.1. The van der Waals surface area contributed by atoms with Gasteiger partial charge in [-0.2, -0.15) is 0 Å². The van der Waals surface area contributed by atoms with E-state index in [0.717, 1.165) is 12.1 Å². The van der Waals surface area contributed by atoms with E-state index in [9.17, 15) is 18.4 Å². The first-order valence-electron chi connectivity index (χ1n) is 6.70. The minimum atomic E-state index is -1.07. The van der Waals surface area contributed by atoms with E-state index < -0.39 is 29.3 Å². The molecule has 1 N–H and O–H groups in total. The van der Waals surface area contributed by atoms with E-state index in [1.165, 1.54) is 19.1 Å². The fourth-order valence-electron chi connectivity index (χ4n) is 2.14. The standard InChI is InChI=1S/C17H14F2O3/c1-10(17(21)22)8-16(20)14-5-3-2-4-12(14)13-7-6-11(18)9-15(13)19/h2-7,9-10H,8H2,1H3,(H,21,22). The molecule has 22 heavy (non-hydrogen) atoms. The summed E-state index contributed by atoms with van der Waals surface area (Å²) in [5, 5.41) is 8.88. The molecule has 0 bridgehead atoms. The Labute approximate surface area is 126 Å². The smallest absolute Gasteiger partial charge is 0.306 e. The van der Waals surface area contributed by atoms with Gasteiger partial charge in [0.25, 0.3) is 0 Å². The van der Waals surface area contributed by atoms with Crippen LogP contribution in [-0.2, 0) is 4.79 Å². The van der Waals surface area contributed by atoms with Gasteiger partial charge < -0.3 is 5.11 Å². The van der Waals surface area contributed by atoms with E-state index in [4.69, 9.17) is 5.11 Å².